The fourth-order valence-corrected chi connectivity index (χ4v) is 1.71. The van der Waals surface area contributed by atoms with Crippen molar-refractivity contribution in [2.75, 3.05) is 5.73 Å². The predicted molar refractivity (Wildman–Crippen MR) is 68.1 cm³/mol. The van der Waals surface area contributed by atoms with Crippen molar-refractivity contribution in [3.8, 4) is 0 Å². The number of benzene rings is 1. The molecule has 2 rings (SSSR count). The van der Waals surface area contributed by atoms with Crippen LogP contribution >= 0.6 is 0 Å². The second-order valence-electron chi connectivity index (χ2n) is 4.10. The highest BCUT2D eigenvalue weighted by Crippen LogP contribution is 2.14. The fourth-order valence-electron chi connectivity index (χ4n) is 1.71. The zero-order valence-corrected chi connectivity index (χ0v) is 9.96. The second-order valence-corrected chi connectivity index (χ2v) is 4.10. The largest absolute Gasteiger partial charge is 0.398 e. The van der Waals surface area contributed by atoms with E-state index in [1.54, 1.807) is 31.6 Å². The number of rotatable bonds is 3. The number of amides is 1. The van der Waals surface area contributed by atoms with Crippen molar-refractivity contribution in [1.82, 2.24) is 9.13 Å². The molecular formula is C12H14N4O2. The fraction of sp³-hybridized carbons (Fsp3) is 0.167. The van der Waals surface area contributed by atoms with E-state index in [-0.39, 0.29) is 5.69 Å². The molecule has 94 valence electrons. The van der Waals surface area contributed by atoms with Crippen molar-refractivity contribution in [3.63, 3.8) is 0 Å². The first-order valence-electron chi connectivity index (χ1n) is 5.39. The number of carbonyl (C=O) groups is 1. The third kappa shape index (κ3) is 2.13. The average molecular weight is 246 g/mol. The molecule has 0 saturated carbocycles. The number of imidazole rings is 1. The summed E-state index contributed by atoms with van der Waals surface area (Å²) in [5.41, 5.74) is 12.5. The molecule has 6 nitrogen and oxygen atoms in total. The molecule has 0 spiro atoms. The van der Waals surface area contributed by atoms with Gasteiger partial charge in [-0.05, 0) is 17.7 Å². The number of hydrogen-bond acceptors (Lipinski definition) is 3. The maximum Gasteiger partial charge on any atom is 0.328 e. The van der Waals surface area contributed by atoms with E-state index in [0.29, 0.717) is 17.8 Å². The Kier molecular flexibility index (Phi) is 2.93. The third-order valence-corrected chi connectivity index (χ3v) is 2.79. The molecular weight excluding hydrogens is 232 g/mol. The van der Waals surface area contributed by atoms with Crippen LogP contribution in [0.3, 0.4) is 0 Å². The van der Waals surface area contributed by atoms with Gasteiger partial charge in [0.15, 0.2) is 0 Å². The summed E-state index contributed by atoms with van der Waals surface area (Å²) in [6.07, 6.45) is 3.36. The standard InChI is InChI=1S/C12H14N4O2/c1-15-4-5-16(12(15)18)7-9-3-2-8(11(14)17)6-10(9)13/h2-6H,7,13H2,1H3,(H2,14,17). The summed E-state index contributed by atoms with van der Waals surface area (Å²) in [5, 5.41) is 0. The number of aryl methyl sites for hydroxylation is 1. The maximum atomic E-state index is 11.7. The summed E-state index contributed by atoms with van der Waals surface area (Å²) in [6.45, 7) is 0.366. The van der Waals surface area contributed by atoms with E-state index in [4.69, 9.17) is 11.5 Å². The number of anilines is 1. The van der Waals surface area contributed by atoms with Crippen LogP contribution in [0.4, 0.5) is 5.69 Å². The van der Waals surface area contributed by atoms with Gasteiger partial charge in [0.2, 0.25) is 5.91 Å². The first kappa shape index (κ1) is 12.0. The molecule has 1 amide bonds. The lowest BCUT2D eigenvalue weighted by molar-refractivity contribution is 0.100. The number of primary amides is 1. The van der Waals surface area contributed by atoms with Gasteiger partial charge in [-0.25, -0.2) is 4.79 Å². The van der Waals surface area contributed by atoms with Gasteiger partial charge in [0, 0.05) is 30.7 Å². The van der Waals surface area contributed by atoms with Crippen LogP contribution in [0.1, 0.15) is 15.9 Å². The van der Waals surface area contributed by atoms with Crippen molar-refractivity contribution >= 4 is 11.6 Å². The number of hydrogen-bond donors (Lipinski definition) is 2. The quantitative estimate of drug-likeness (QED) is 0.741. The van der Waals surface area contributed by atoms with Gasteiger partial charge in [-0.2, -0.15) is 0 Å². The van der Waals surface area contributed by atoms with Gasteiger partial charge < -0.3 is 16.0 Å². The molecule has 0 unspecified atom stereocenters. The van der Waals surface area contributed by atoms with Gasteiger partial charge in [-0.15, -0.1) is 0 Å². The minimum atomic E-state index is -0.523. The summed E-state index contributed by atoms with van der Waals surface area (Å²) in [7, 11) is 1.68. The number of nitrogen functional groups attached to an aromatic ring is 1. The Labute approximate surface area is 103 Å². The third-order valence-electron chi connectivity index (χ3n) is 2.79. The summed E-state index contributed by atoms with van der Waals surface area (Å²) in [4.78, 5) is 22.7. The summed E-state index contributed by atoms with van der Waals surface area (Å²) < 4.78 is 3.02. The molecule has 4 N–H and O–H groups in total. The highest BCUT2D eigenvalue weighted by Gasteiger charge is 2.07. The summed E-state index contributed by atoms with van der Waals surface area (Å²) >= 11 is 0. The Morgan fingerprint density at radius 2 is 2.06 bits per heavy atom. The van der Waals surface area contributed by atoms with Gasteiger partial charge >= 0.3 is 5.69 Å². The molecule has 0 aliphatic heterocycles. The Morgan fingerprint density at radius 1 is 1.33 bits per heavy atom. The Balaban J connectivity index is 2.33. The topological polar surface area (TPSA) is 96.0 Å². The molecule has 18 heavy (non-hydrogen) atoms. The lowest BCUT2D eigenvalue weighted by Crippen LogP contribution is -2.22. The van der Waals surface area contributed by atoms with Gasteiger partial charge in [-0.3, -0.25) is 9.36 Å². The first-order chi connectivity index (χ1) is 8.49. The lowest BCUT2D eigenvalue weighted by atomic mass is 10.1. The predicted octanol–water partition coefficient (Wildman–Crippen LogP) is -0.0838. The molecule has 6 heteroatoms. The molecule has 0 aliphatic carbocycles. The minimum Gasteiger partial charge on any atom is -0.398 e. The van der Waals surface area contributed by atoms with E-state index in [9.17, 15) is 9.59 Å². The molecule has 0 aliphatic rings. The van der Waals surface area contributed by atoms with Crippen LogP contribution in [0.2, 0.25) is 0 Å². The Morgan fingerprint density at radius 3 is 2.56 bits per heavy atom. The van der Waals surface area contributed by atoms with Crippen molar-refractivity contribution in [1.29, 1.82) is 0 Å². The number of nitrogens with two attached hydrogens (primary N) is 2. The second kappa shape index (κ2) is 4.40. The molecule has 1 heterocycles. The van der Waals surface area contributed by atoms with E-state index < -0.39 is 5.91 Å². The number of carbonyl (C=O) groups excluding carboxylic acids is 1. The van der Waals surface area contributed by atoms with Crippen molar-refractivity contribution in [2.45, 2.75) is 6.54 Å². The van der Waals surface area contributed by atoms with Crippen LogP contribution in [0.25, 0.3) is 0 Å². The van der Waals surface area contributed by atoms with E-state index in [1.807, 2.05) is 0 Å². The number of aromatic nitrogens is 2. The van der Waals surface area contributed by atoms with Crippen LogP contribution in [0.5, 0.6) is 0 Å². The Hall–Kier alpha value is -2.50. The van der Waals surface area contributed by atoms with E-state index in [0.717, 1.165) is 5.56 Å². The SMILES string of the molecule is Cn1ccn(Cc2ccc(C(N)=O)cc2N)c1=O. The molecule has 0 fully saturated rings. The zero-order valence-electron chi connectivity index (χ0n) is 9.96. The molecule has 0 radical (unpaired) electrons. The highest BCUT2D eigenvalue weighted by atomic mass is 16.2. The van der Waals surface area contributed by atoms with Crippen LogP contribution in [-0.2, 0) is 13.6 Å². The van der Waals surface area contributed by atoms with Crippen LogP contribution < -0.4 is 17.2 Å². The van der Waals surface area contributed by atoms with E-state index in [1.165, 1.54) is 15.2 Å². The van der Waals surface area contributed by atoms with Crippen LogP contribution in [-0.4, -0.2) is 15.0 Å². The summed E-state index contributed by atoms with van der Waals surface area (Å²) in [6, 6.07) is 4.82. The maximum absolute atomic E-state index is 11.7. The highest BCUT2D eigenvalue weighted by molar-refractivity contribution is 5.93. The molecule has 2 aromatic rings. The van der Waals surface area contributed by atoms with E-state index in [2.05, 4.69) is 0 Å². The van der Waals surface area contributed by atoms with Gasteiger partial charge in [0.25, 0.3) is 0 Å². The van der Waals surface area contributed by atoms with Gasteiger partial charge in [0.1, 0.15) is 0 Å². The van der Waals surface area contributed by atoms with Gasteiger partial charge in [0.05, 0.1) is 6.54 Å². The van der Waals surface area contributed by atoms with Crippen LogP contribution in [0, 0.1) is 0 Å². The van der Waals surface area contributed by atoms with Crippen molar-refractivity contribution in [3.05, 3.63) is 52.2 Å². The average Bonchev–Trinajstić information content (AvgIpc) is 2.63. The normalized spacial score (nSPS) is 10.5. The smallest absolute Gasteiger partial charge is 0.328 e. The molecule has 1 aromatic heterocycles. The zero-order chi connectivity index (χ0) is 13.3. The molecule has 0 atom stereocenters. The van der Waals surface area contributed by atoms with Crippen molar-refractivity contribution in [2.24, 2.45) is 12.8 Å². The lowest BCUT2D eigenvalue weighted by Gasteiger charge is -2.07. The Bertz CT molecular complexity index is 654. The number of nitrogens with zero attached hydrogens (tertiary/aromatic N) is 2. The molecule has 0 bridgehead atoms. The molecule has 0 saturated heterocycles. The van der Waals surface area contributed by atoms with E-state index >= 15 is 0 Å². The molecule has 1 aromatic carbocycles. The van der Waals surface area contributed by atoms with Crippen LogP contribution in [0.15, 0.2) is 35.4 Å². The monoisotopic (exact) mass is 246 g/mol. The first-order valence-corrected chi connectivity index (χ1v) is 5.39. The summed E-state index contributed by atoms with van der Waals surface area (Å²) in [5.74, 6) is -0.523. The minimum absolute atomic E-state index is 0.117. The van der Waals surface area contributed by atoms with Crippen molar-refractivity contribution < 1.29 is 4.79 Å². The van der Waals surface area contributed by atoms with Gasteiger partial charge in [-0.1, -0.05) is 6.07 Å².